The third kappa shape index (κ3) is 3.34. The van der Waals surface area contributed by atoms with E-state index in [1.807, 2.05) is 24.3 Å². The number of hydrogen-bond donors (Lipinski definition) is 1. The van der Waals surface area contributed by atoms with Crippen LogP contribution in [0.5, 0.6) is 5.75 Å². The Morgan fingerprint density at radius 3 is 2.65 bits per heavy atom. The molecule has 0 aliphatic rings. The van der Waals surface area contributed by atoms with Crippen molar-refractivity contribution in [2.24, 2.45) is 5.73 Å². The summed E-state index contributed by atoms with van der Waals surface area (Å²) in [5.41, 5.74) is 7.19. The van der Waals surface area contributed by atoms with E-state index in [4.69, 9.17) is 10.5 Å². The Labute approximate surface area is 124 Å². The van der Waals surface area contributed by atoms with Crippen molar-refractivity contribution in [1.82, 2.24) is 0 Å². The first kappa shape index (κ1) is 14.5. The molecule has 0 aromatic heterocycles. The van der Waals surface area contributed by atoms with Crippen LogP contribution in [0.15, 0.2) is 46.9 Å². The van der Waals surface area contributed by atoms with Crippen molar-refractivity contribution in [3.63, 3.8) is 0 Å². The van der Waals surface area contributed by atoms with Crippen LogP contribution in [0.3, 0.4) is 0 Å². The predicted octanol–water partition coefficient (Wildman–Crippen LogP) is 3.40. The Morgan fingerprint density at radius 2 is 2.00 bits per heavy atom. The van der Waals surface area contributed by atoms with E-state index in [-0.39, 0.29) is 18.0 Å². The maximum atomic E-state index is 11.0. The molecule has 0 radical (unpaired) electrons. The minimum atomic E-state index is -0.463. The molecule has 0 aliphatic carbocycles. The smallest absolute Gasteiger partial charge is 0.310 e. The van der Waals surface area contributed by atoms with E-state index in [0.717, 1.165) is 15.6 Å². The van der Waals surface area contributed by atoms with Crippen molar-refractivity contribution in [2.75, 3.05) is 0 Å². The van der Waals surface area contributed by atoms with Gasteiger partial charge in [-0.3, -0.25) is 10.1 Å². The summed E-state index contributed by atoms with van der Waals surface area (Å²) in [4.78, 5) is 10.5. The summed E-state index contributed by atoms with van der Waals surface area (Å²) in [6, 6.07) is 12.2. The second-order valence-corrected chi connectivity index (χ2v) is 5.00. The Bertz CT molecular complexity index is 632. The van der Waals surface area contributed by atoms with E-state index >= 15 is 0 Å². The molecule has 0 bridgehead atoms. The van der Waals surface area contributed by atoms with Crippen molar-refractivity contribution >= 4 is 21.6 Å². The molecule has 0 unspecified atom stereocenters. The molecule has 2 N–H and O–H groups in total. The third-order valence-corrected chi connectivity index (χ3v) is 3.57. The second kappa shape index (κ2) is 6.49. The monoisotopic (exact) mass is 336 g/mol. The first-order valence-corrected chi connectivity index (χ1v) is 6.74. The molecular weight excluding hydrogens is 324 g/mol. The average molecular weight is 337 g/mol. The van der Waals surface area contributed by atoms with Gasteiger partial charge in [-0.2, -0.15) is 0 Å². The lowest BCUT2D eigenvalue weighted by Gasteiger charge is -2.09. The Morgan fingerprint density at radius 1 is 1.25 bits per heavy atom. The zero-order valence-electron chi connectivity index (χ0n) is 10.6. The van der Waals surface area contributed by atoms with Gasteiger partial charge in [-0.25, -0.2) is 0 Å². The normalized spacial score (nSPS) is 10.3. The predicted molar refractivity (Wildman–Crippen MR) is 79.5 cm³/mol. The highest BCUT2D eigenvalue weighted by atomic mass is 79.9. The summed E-state index contributed by atoms with van der Waals surface area (Å²) in [5.74, 6) is 0.230. The van der Waals surface area contributed by atoms with E-state index in [1.165, 1.54) is 6.07 Å². The van der Waals surface area contributed by atoms with Crippen molar-refractivity contribution in [2.45, 2.75) is 13.2 Å². The molecule has 6 heteroatoms. The SMILES string of the molecule is NCc1ccc([N+](=O)[O-])c(OCc2ccccc2Br)c1. The number of ether oxygens (including phenoxy) is 1. The fourth-order valence-corrected chi connectivity index (χ4v) is 2.12. The number of nitrogens with two attached hydrogens (primary N) is 1. The van der Waals surface area contributed by atoms with E-state index < -0.39 is 4.92 Å². The van der Waals surface area contributed by atoms with Gasteiger partial charge in [0.1, 0.15) is 6.61 Å². The molecule has 2 aromatic carbocycles. The minimum Gasteiger partial charge on any atom is -0.482 e. The van der Waals surface area contributed by atoms with Gasteiger partial charge in [-0.15, -0.1) is 0 Å². The molecule has 0 heterocycles. The topological polar surface area (TPSA) is 78.4 Å². The van der Waals surface area contributed by atoms with E-state index in [9.17, 15) is 10.1 Å². The molecule has 20 heavy (non-hydrogen) atoms. The van der Waals surface area contributed by atoms with E-state index in [1.54, 1.807) is 12.1 Å². The maximum absolute atomic E-state index is 11.0. The van der Waals surface area contributed by atoms with E-state index in [2.05, 4.69) is 15.9 Å². The maximum Gasteiger partial charge on any atom is 0.310 e. The van der Waals surface area contributed by atoms with Crippen molar-refractivity contribution in [3.8, 4) is 5.75 Å². The first-order valence-electron chi connectivity index (χ1n) is 5.95. The molecule has 0 spiro atoms. The van der Waals surface area contributed by atoms with Gasteiger partial charge in [-0.05, 0) is 17.7 Å². The highest BCUT2D eigenvalue weighted by Crippen LogP contribution is 2.29. The van der Waals surface area contributed by atoms with Crippen LogP contribution in [0.4, 0.5) is 5.69 Å². The van der Waals surface area contributed by atoms with Gasteiger partial charge < -0.3 is 10.5 Å². The van der Waals surface area contributed by atoms with Crippen LogP contribution < -0.4 is 10.5 Å². The summed E-state index contributed by atoms with van der Waals surface area (Å²) < 4.78 is 6.48. The fourth-order valence-electron chi connectivity index (χ4n) is 1.72. The van der Waals surface area contributed by atoms with Crippen LogP contribution in [0.1, 0.15) is 11.1 Å². The zero-order chi connectivity index (χ0) is 14.5. The summed E-state index contributed by atoms with van der Waals surface area (Å²) in [6.07, 6.45) is 0. The number of rotatable bonds is 5. The first-order chi connectivity index (χ1) is 9.61. The van der Waals surface area contributed by atoms with Crippen LogP contribution in [0.2, 0.25) is 0 Å². The quantitative estimate of drug-likeness (QED) is 0.670. The molecule has 104 valence electrons. The molecular formula is C14H13BrN2O3. The molecule has 0 saturated heterocycles. The van der Waals surface area contributed by atoms with Crippen molar-refractivity contribution < 1.29 is 9.66 Å². The van der Waals surface area contributed by atoms with Crippen LogP contribution in [-0.4, -0.2) is 4.92 Å². The van der Waals surface area contributed by atoms with Gasteiger partial charge in [0, 0.05) is 22.6 Å². The molecule has 0 saturated carbocycles. The van der Waals surface area contributed by atoms with Gasteiger partial charge in [0.15, 0.2) is 5.75 Å². The van der Waals surface area contributed by atoms with Crippen LogP contribution in [-0.2, 0) is 13.2 Å². The summed E-state index contributed by atoms with van der Waals surface area (Å²) in [5, 5.41) is 11.0. The van der Waals surface area contributed by atoms with E-state index in [0.29, 0.717) is 6.54 Å². The van der Waals surface area contributed by atoms with Crippen LogP contribution in [0, 0.1) is 10.1 Å². The highest BCUT2D eigenvalue weighted by Gasteiger charge is 2.15. The number of halogens is 1. The number of nitro groups is 1. The zero-order valence-corrected chi connectivity index (χ0v) is 12.2. The van der Waals surface area contributed by atoms with Gasteiger partial charge in [0.05, 0.1) is 4.92 Å². The second-order valence-electron chi connectivity index (χ2n) is 4.14. The lowest BCUT2D eigenvalue weighted by atomic mass is 10.2. The molecule has 0 amide bonds. The fraction of sp³-hybridized carbons (Fsp3) is 0.143. The molecule has 2 rings (SSSR count). The standard InChI is InChI=1S/C14H13BrN2O3/c15-12-4-2-1-3-11(12)9-20-14-7-10(8-16)5-6-13(14)17(18)19/h1-7H,8-9,16H2. The lowest BCUT2D eigenvalue weighted by Crippen LogP contribution is -2.02. The highest BCUT2D eigenvalue weighted by molar-refractivity contribution is 9.10. The third-order valence-electron chi connectivity index (χ3n) is 2.80. The Hall–Kier alpha value is -1.92. The average Bonchev–Trinajstić information content (AvgIpc) is 2.46. The number of benzene rings is 2. The largest absolute Gasteiger partial charge is 0.482 e. The van der Waals surface area contributed by atoms with Crippen molar-refractivity contribution in [1.29, 1.82) is 0 Å². The lowest BCUT2D eigenvalue weighted by molar-refractivity contribution is -0.386. The van der Waals surface area contributed by atoms with Gasteiger partial charge in [-0.1, -0.05) is 40.2 Å². The van der Waals surface area contributed by atoms with Crippen LogP contribution in [0.25, 0.3) is 0 Å². The van der Waals surface area contributed by atoms with Gasteiger partial charge >= 0.3 is 5.69 Å². The Balaban J connectivity index is 2.24. The number of nitro benzene ring substituents is 1. The molecule has 2 aromatic rings. The summed E-state index contributed by atoms with van der Waals surface area (Å²) >= 11 is 3.41. The van der Waals surface area contributed by atoms with Gasteiger partial charge in [0.25, 0.3) is 0 Å². The minimum absolute atomic E-state index is 0.0609. The van der Waals surface area contributed by atoms with Crippen molar-refractivity contribution in [3.05, 3.63) is 68.2 Å². The molecule has 0 atom stereocenters. The Kier molecular flexibility index (Phi) is 4.70. The molecule has 5 nitrogen and oxygen atoms in total. The summed E-state index contributed by atoms with van der Waals surface area (Å²) in [6.45, 7) is 0.555. The molecule has 0 aliphatic heterocycles. The summed E-state index contributed by atoms with van der Waals surface area (Å²) in [7, 11) is 0. The van der Waals surface area contributed by atoms with Gasteiger partial charge in [0.2, 0.25) is 0 Å². The number of hydrogen-bond acceptors (Lipinski definition) is 4. The molecule has 0 fully saturated rings. The number of nitrogens with zero attached hydrogens (tertiary/aromatic N) is 1. The van der Waals surface area contributed by atoms with Crippen LogP contribution >= 0.6 is 15.9 Å².